The molecule has 27 heavy (non-hydrogen) atoms. The van der Waals surface area contributed by atoms with Crippen molar-refractivity contribution in [3.8, 4) is 0 Å². The Morgan fingerprint density at radius 1 is 1.37 bits per heavy atom. The van der Waals surface area contributed by atoms with Gasteiger partial charge in [-0.2, -0.15) is 5.10 Å². The lowest BCUT2D eigenvalue weighted by Crippen LogP contribution is -2.32. The SMILES string of the molecule is CCN1CCC(c2cccc3c(N(C=O)CCC(=O)NC)nn(C)c23)CC1. The van der Waals surface area contributed by atoms with Crippen LogP contribution >= 0.6 is 0 Å². The molecule has 2 aromatic rings. The van der Waals surface area contributed by atoms with Crippen molar-refractivity contribution in [2.24, 2.45) is 7.05 Å². The summed E-state index contributed by atoms with van der Waals surface area (Å²) in [6, 6.07) is 6.26. The van der Waals surface area contributed by atoms with Gasteiger partial charge in [0.1, 0.15) is 0 Å². The summed E-state index contributed by atoms with van der Waals surface area (Å²) in [7, 11) is 3.53. The minimum absolute atomic E-state index is 0.0922. The number of nitrogens with zero attached hydrogens (tertiary/aromatic N) is 4. The van der Waals surface area contributed by atoms with Gasteiger partial charge in [0.15, 0.2) is 5.82 Å². The number of nitrogens with one attached hydrogen (secondary N) is 1. The molecular weight excluding hydrogens is 342 g/mol. The van der Waals surface area contributed by atoms with Crippen LogP contribution < -0.4 is 10.2 Å². The van der Waals surface area contributed by atoms with E-state index < -0.39 is 0 Å². The molecule has 2 heterocycles. The van der Waals surface area contributed by atoms with Gasteiger partial charge >= 0.3 is 0 Å². The number of para-hydroxylation sites is 1. The molecule has 0 aliphatic carbocycles. The zero-order valence-corrected chi connectivity index (χ0v) is 16.4. The maximum Gasteiger partial charge on any atom is 0.221 e. The molecule has 1 aliphatic heterocycles. The number of hydrogen-bond donors (Lipinski definition) is 1. The number of aryl methyl sites for hydroxylation is 1. The van der Waals surface area contributed by atoms with E-state index in [-0.39, 0.29) is 12.3 Å². The van der Waals surface area contributed by atoms with Crippen molar-refractivity contribution in [3.63, 3.8) is 0 Å². The smallest absolute Gasteiger partial charge is 0.221 e. The lowest BCUT2D eigenvalue weighted by Gasteiger charge is -2.31. The van der Waals surface area contributed by atoms with Gasteiger partial charge in [-0.3, -0.25) is 19.2 Å². The molecule has 0 spiro atoms. The summed E-state index contributed by atoms with van der Waals surface area (Å²) in [4.78, 5) is 27.2. The average Bonchev–Trinajstić information content (AvgIpc) is 3.05. The monoisotopic (exact) mass is 371 g/mol. The number of carbonyl (C=O) groups excluding carboxylic acids is 2. The minimum Gasteiger partial charge on any atom is -0.359 e. The summed E-state index contributed by atoms with van der Waals surface area (Å²) in [5.41, 5.74) is 2.40. The van der Waals surface area contributed by atoms with Gasteiger partial charge in [-0.05, 0) is 50.0 Å². The zero-order chi connectivity index (χ0) is 19.4. The van der Waals surface area contributed by atoms with Crippen molar-refractivity contribution in [2.75, 3.05) is 38.1 Å². The van der Waals surface area contributed by atoms with Gasteiger partial charge in [-0.1, -0.05) is 19.1 Å². The second kappa shape index (κ2) is 8.52. The minimum atomic E-state index is -0.0922. The maximum absolute atomic E-state index is 11.7. The number of likely N-dealkylation sites (tertiary alicyclic amines) is 1. The highest BCUT2D eigenvalue weighted by Crippen LogP contribution is 2.35. The van der Waals surface area contributed by atoms with Gasteiger partial charge in [0, 0.05) is 32.4 Å². The molecule has 7 heteroatoms. The van der Waals surface area contributed by atoms with Gasteiger partial charge in [-0.25, -0.2) is 0 Å². The van der Waals surface area contributed by atoms with Gasteiger partial charge in [0.05, 0.1) is 5.52 Å². The van der Waals surface area contributed by atoms with E-state index >= 15 is 0 Å². The Morgan fingerprint density at radius 3 is 2.74 bits per heavy atom. The molecule has 2 amide bonds. The first-order valence-electron chi connectivity index (χ1n) is 9.69. The van der Waals surface area contributed by atoms with Gasteiger partial charge < -0.3 is 10.2 Å². The van der Waals surface area contributed by atoms with E-state index in [1.54, 1.807) is 7.05 Å². The third-order valence-electron chi connectivity index (χ3n) is 5.61. The van der Waals surface area contributed by atoms with E-state index in [2.05, 4.69) is 34.4 Å². The van der Waals surface area contributed by atoms with Crippen molar-refractivity contribution >= 4 is 29.0 Å². The highest BCUT2D eigenvalue weighted by molar-refractivity contribution is 5.97. The first kappa shape index (κ1) is 19.4. The quantitative estimate of drug-likeness (QED) is 0.755. The lowest BCUT2D eigenvalue weighted by molar-refractivity contribution is -0.120. The first-order chi connectivity index (χ1) is 13.1. The van der Waals surface area contributed by atoms with E-state index in [1.807, 2.05) is 17.8 Å². The van der Waals surface area contributed by atoms with Gasteiger partial charge in [0.2, 0.25) is 12.3 Å². The Balaban J connectivity index is 1.91. The van der Waals surface area contributed by atoms with Crippen LogP contribution in [0.25, 0.3) is 10.9 Å². The number of amides is 2. The Labute approximate surface area is 160 Å². The fourth-order valence-corrected chi connectivity index (χ4v) is 4.01. The maximum atomic E-state index is 11.7. The Bertz CT molecular complexity index is 808. The summed E-state index contributed by atoms with van der Waals surface area (Å²) >= 11 is 0. The van der Waals surface area contributed by atoms with Crippen molar-refractivity contribution in [2.45, 2.75) is 32.1 Å². The summed E-state index contributed by atoms with van der Waals surface area (Å²) in [5, 5.41) is 8.18. The highest BCUT2D eigenvalue weighted by Gasteiger charge is 2.24. The second-order valence-electron chi connectivity index (χ2n) is 7.12. The molecule has 1 saturated heterocycles. The van der Waals surface area contributed by atoms with Crippen LogP contribution in [0, 0.1) is 0 Å². The van der Waals surface area contributed by atoms with Crippen LogP contribution in [0.1, 0.15) is 37.7 Å². The molecule has 0 radical (unpaired) electrons. The molecule has 3 rings (SSSR count). The molecule has 0 bridgehead atoms. The number of benzene rings is 1. The molecule has 1 fully saturated rings. The van der Waals surface area contributed by atoms with Crippen LogP contribution in [0.2, 0.25) is 0 Å². The molecule has 0 saturated carbocycles. The standard InChI is InChI=1S/C20H29N5O2/c1-4-24-11-8-15(9-12-24)16-6-5-7-17-19(16)23(3)22-20(17)25(14-26)13-10-18(27)21-2/h5-7,14-15H,4,8-13H2,1-3H3,(H,21,27). The third kappa shape index (κ3) is 3.98. The normalized spacial score (nSPS) is 15.8. The first-order valence-corrected chi connectivity index (χ1v) is 9.69. The molecule has 1 aromatic heterocycles. The fraction of sp³-hybridized carbons (Fsp3) is 0.550. The highest BCUT2D eigenvalue weighted by atomic mass is 16.2. The topological polar surface area (TPSA) is 70.5 Å². The fourth-order valence-electron chi connectivity index (χ4n) is 4.01. The van der Waals surface area contributed by atoms with Crippen LogP contribution in [0.15, 0.2) is 18.2 Å². The predicted molar refractivity (Wildman–Crippen MR) is 107 cm³/mol. The van der Waals surface area contributed by atoms with Crippen LogP contribution in [0.3, 0.4) is 0 Å². The summed E-state index contributed by atoms with van der Waals surface area (Å²) in [6.07, 6.45) is 3.29. The van der Waals surface area contributed by atoms with E-state index in [1.165, 1.54) is 10.5 Å². The average molecular weight is 371 g/mol. The molecule has 0 unspecified atom stereocenters. The predicted octanol–water partition coefficient (Wildman–Crippen LogP) is 1.87. The summed E-state index contributed by atoms with van der Waals surface area (Å²) < 4.78 is 1.88. The summed E-state index contributed by atoms with van der Waals surface area (Å²) in [6.45, 7) is 5.87. The van der Waals surface area contributed by atoms with E-state index in [0.29, 0.717) is 18.3 Å². The van der Waals surface area contributed by atoms with Crippen molar-refractivity contribution in [1.82, 2.24) is 20.0 Å². The molecule has 1 aromatic carbocycles. The second-order valence-corrected chi connectivity index (χ2v) is 7.12. The Hall–Kier alpha value is -2.41. The number of carbonyl (C=O) groups is 2. The molecule has 1 aliphatic rings. The van der Waals surface area contributed by atoms with Crippen LogP contribution in [0.5, 0.6) is 0 Å². The van der Waals surface area contributed by atoms with Gasteiger partial charge in [0.25, 0.3) is 0 Å². The van der Waals surface area contributed by atoms with E-state index in [9.17, 15) is 9.59 Å². The number of rotatable bonds is 7. The van der Waals surface area contributed by atoms with Gasteiger partial charge in [-0.15, -0.1) is 0 Å². The van der Waals surface area contributed by atoms with Crippen LogP contribution in [0.4, 0.5) is 5.82 Å². The number of aromatic nitrogens is 2. The van der Waals surface area contributed by atoms with Crippen molar-refractivity contribution in [3.05, 3.63) is 23.8 Å². The van der Waals surface area contributed by atoms with Crippen molar-refractivity contribution < 1.29 is 9.59 Å². The van der Waals surface area contributed by atoms with Crippen molar-refractivity contribution in [1.29, 1.82) is 0 Å². The lowest BCUT2D eigenvalue weighted by atomic mass is 9.88. The number of fused-ring (bicyclic) bond motifs is 1. The largest absolute Gasteiger partial charge is 0.359 e. The van der Waals surface area contributed by atoms with Crippen LogP contribution in [-0.2, 0) is 16.6 Å². The summed E-state index contributed by atoms with van der Waals surface area (Å²) in [5.74, 6) is 1.04. The molecule has 7 nitrogen and oxygen atoms in total. The van der Waals surface area contributed by atoms with E-state index in [4.69, 9.17) is 0 Å². The number of hydrogen-bond acceptors (Lipinski definition) is 4. The Kier molecular flexibility index (Phi) is 6.11. The number of piperidine rings is 1. The number of anilines is 1. The molecule has 1 N–H and O–H groups in total. The zero-order valence-electron chi connectivity index (χ0n) is 16.4. The molecular formula is C20H29N5O2. The molecule has 146 valence electrons. The Morgan fingerprint density at radius 2 is 2.11 bits per heavy atom. The van der Waals surface area contributed by atoms with E-state index in [0.717, 1.165) is 49.8 Å². The molecule has 0 atom stereocenters. The third-order valence-corrected chi connectivity index (χ3v) is 5.61. The van der Waals surface area contributed by atoms with Crippen LogP contribution in [-0.4, -0.2) is 60.2 Å².